The number of hydrogen-bond acceptors (Lipinski definition) is 1. The summed E-state index contributed by atoms with van der Waals surface area (Å²) in [6.07, 6.45) is 2.25. The SMILES string of the molecule is Cc1ccccc1NC1CC(c2ccc(F)cc2)C1. The molecule has 0 aromatic heterocycles. The molecule has 1 aliphatic carbocycles. The number of halogens is 1. The van der Waals surface area contributed by atoms with E-state index in [1.807, 2.05) is 12.1 Å². The monoisotopic (exact) mass is 255 g/mol. The fourth-order valence-corrected chi connectivity index (χ4v) is 2.70. The van der Waals surface area contributed by atoms with Crippen LogP contribution in [0, 0.1) is 12.7 Å². The van der Waals surface area contributed by atoms with Crippen molar-refractivity contribution in [1.82, 2.24) is 0 Å². The summed E-state index contributed by atoms with van der Waals surface area (Å²) in [4.78, 5) is 0. The number of aryl methyl sites for hydroxylation is 1. The molecule has 0 radical (unpaired) electrons. The Balaban J connectivity index is 1.58. The summed E-state index contributed by atoms with van der Waals surface area (Å²) in [5.41, 5.74) is 3.77. The second-order valence-electron chi connectivity index (χ2n) is 5.38. The Morgan fingerprint density at radius 2 is 1.68 bits per heavy atom. The standard InChI is InChI=1S/C17H18FN/c1-12-4-2-3-5-17(12)19-16-10-14(11-16)13-6-8-15(18)9-7-13/h2-9,14,16,19H,10-11H2,1H3. The molecule has 3 rings (SSSR count). The highest BCUT2D eigenvalue weighted by atomic mass is 19.1. The molecule has 98 valence electrons. The maximum atomic E-state index is 12.9. The minimum absolute atomic E-state index is 0.155. The van der Waals surface area contributed by atoms with Gasteiger partial charge in [-0.2, -0.15) is 0 Å². The third kappa shape index (κ3) is 2.62. The van der Waals surface area contributed by atoms with Gasteiger partial charge in [-0.3, -0.25) is 0 Å². The molecular formula is C17H18FN. The molecule has 0 amide bonds. The maximum absolute atomic E-state index is 12.9. The van der Waals surface area contributed by atoms with Crippen molar-refractivity contribution in [3.8, 4) is 0 Å². The Labute approximate surface area is 113 Å². The molecule has 2 aromatic carbocycles. The van der Waals surface area contributed by atoms with E-state index in [-0.39, 0.29) is 5.82 Å². The molecule has 0 atom stereocenters. The number of anilines is 1. The van der Waals surface area contributed by atoms with Crippen molar-refractivity contribution in [2.45, 2.75) is 31.7 Å². The average molecular weight is 255 g/mol. The first kappa shape index (κ1) is 12.2. The number of rotatable bonds is 3. The first-order valence-corrected chi connectivity index (χ1v) is 6.80. The molecule has 2 heteroatoms. The molecule has 2 aromatic rings. The van der Waals surface area contributed by atoms with Gasteiger partial charge in [0.15, 0.2) is 0 Å². The maximum Gasteiger partial charge on any atom is 0.123 e. The van der Waals surface area contributed by atoms with Crippen LogP contribution in [0.15, 0.2) is 48.5 Å². The molecule has 1 aliphatic rings. The zero-order chi connectivity index (χ0) is 13.2. The quantitative estimate of drug-likeness (QED) is 0.852. The van der Waals surface area contributed by atoms with Crippen molar-refractivity contribution in [1.29, 1.82) is 0 Å². The molecule has 0 bridgehead atoms. The van der Waals surface area contributed by atoms with Gasteiger partial charge in [0.25, 0.3) is 0 Å². The van der Waals surface area contributed by atoms with Crippen molar-refractivity contribution in [3.63, 3.8) is 0 Å². The fourth-order valence-electron chi connectivity index (χ4n) is 2.70. The van der Waals surface area contributed by atoms with Crippen molar-refractivity contribution in [3.05, 3.63) is 65.5 Å². The average Bonchev–Trinajstić information content (AvgIpc) is 2.37. The van der Waals surface area contributed by atoms with E-state index >= 15 is 0 Å². The third-order valence-corrected chi connectivity index (χ3v) is 3.98. The molecule has 0 heterocycles. The summed E-state index contributed by atoms with van der Waals surface area (Å²) in [5.74, 6) is 0.416. The topological polar surface area (TPSA) is 12.0 Å². The lowest BCUT2D eigenvalue weighted by Crippen LogP contribution is -2.34. The predicted octanol–water partition coefficient (Wildman–Crippen LogP) is 4.49. The third-order valence-electron chi connectivity index (χ3n) is 3.98. The van der Waals surface area contributed by atoms with Crippen molar-refractivity contribution in [2.75, 3.05) is 5.32 Å². The summed E-state index contributed by atoms with van der Waals surface area (Å²) < 4.78 is 12.9. The van der Waals surface area contributed by atoms with Crippen LogP contribution in [0.5, 0.6) is 0 Å². The van der Waals surface area contributed by atoms with Crippen LogP contribution < -0.4 is 5.32 Å². The first-order valence-electron chi connectivity index (χ1n) is 6.80. The van der Waals surface area contributed by atoms with Crippen LogP contribution in [0.2, 0.25) is 0 Å². The summed E-state index contributed by atoms with van der Waals surface area (Å²) in [5, 5.41) is 3.58. The Bertz CT molecular complexity index is 556. The van der Waals surface area contributed by atoms with Crippen molar-refractivity contribution >= 4 is 5.69 Å². The van der Waals surface area contributed by atoms with E-state index < -0.39 is 0 Å². The molecule has 1 fully saturated rings. The van der Waals surface area contributed by atoms with Gasteiger partial charge in [-0.1, -0.05) is 30.3 Å². The van der Waals surface area contributed by atoms with Crippen LogP contribution >= 0.6 is 0 Å². The zero-order valence-corrected chi connectivity index (χ0v) is 11.1. The second kappa shape index (κ2) is 5.04. The number of nitrogens with one attached hydrogen (secondary N) is 1. The molecular weight excluding hydrogens is 237 g/mol. The highest BCUT2D eigenvalue weighted by molar-refractivity contribution is 5.51. The van der Waals surface area contributed by atoms with Gasteiger partial charge in [0.2, 0.25) is 0 Å². The van der Waals surface area contributed by atoms with Crippen molar-refractivity contribution < 1.29 is 4.39 Å². The molecule has 1 nitrogen and oxygen atoms in total. The number of para-hydroxylation sites is 1. The van der Waals surface area contributed by atoms with Crippen molar-refractivity contribution in [2.24, 2.45) is 0 Å². The van der Waals surface area contributed by atoms with Gasteiger partial charge in [0.05, 0.1) is 0 Å². The van der Waals surface area contributed by atoms with E-state index in [4.69, 9.17) is 0 Å². The van der Waals surface area contributed by atoms with Gasteiger partial charge in [-0.25, -0.2) is 4.39 Å². The van der Waals surface area contributed by atoms with Gasteiger partial charge < -0.3 is 5.32 Å². The van der Waals surface area contributed by atoms with E-state index in [0.29, 0.717) is 12.0 Å². The van der Waals surface area contributed by atoms with Crippen LogP contribution in [0.3, 0.4) is 0 Å². The van der Waals surface area contributed by atoms with Gasteiger partial charge in [-0.05, 0) is 55.0 Å². The molecule has 0 saturated heterocycles. The molecule has 1 N–H and O–H groups in total. The highest BCUT2D eigenvalue weighted by Gasteiger charge is 2.30. The Kier molecular flexibility index (Phi) is 3.24. The number of hydrogen-bond donors (Lipinski definition) is 1. The van der Waals surface area contributed by atoms with Crippen LogP contribution in [-0.4, -0.2) is 6.04 Å². The van der Waals surface area contributed by atoms with Gasteiger partial charge >= 0.3 is 0 Å². The van der Waals surface area contributed by atoms with E-state index in [1.165, 1.54) is 16.8 Å². The van der Waals surface area contributed by atoms with E-state index in [0.717, 1.165) is 12.8 Å². The predicted molar refractivity (Wildman–Crippen MR) is 77.0 cm³/mol. The zero-order valence-electron chi connectivity index (χ0n) is 11.1. The lowest BCUT2D eigenvalue weighted by molar-refractivity contribution is 0.373. The normalized spacial score (nSPS) is 21.8. The summed E-state index contributed by atoms with van der Waals surface area (Å²) in [6.45, 7) is 2.12. The van der Waals surface area contributed by atoms with E-state index in [2.05, 4.69) is 36.5 Å². The van der Waals surface area contributed by atoms with Crippen LogP contribution in [0.25, 0.3) is 0 Å². The van der Waals surface area contributed by atoms with Gasteiger partial charge in [0, 0.05) is 11.7 Å². The van der Waals surface area contributed by atoms with Crippen LogP contribution in [-0.2, 0) is 0 Å². The molecule has 1 saturated carbocycles. The summed E-state index contributed by atoms with van der Waals surface area (Å²) in [6, 6.07) is 15.8. The highest BCUT2D eigenvalue weighted by Crippen LogP contribution is 2.38. The number of benzene rings is 2. The minimum Gasteiger partial charge on any atom is -0.382 e. The van der Waals surface area contributed by atoms with Crippen LogP contribution in [0.4, 0.5) is 10.1 Å². The fraction of sp³-hybridized carbons (Fsp3) is 0.294. The Morgan fingerprint density at radius 3 is 2.37 bits per heavy atom. The molecule has 0 unspecified atom stereocenters. The second-order valence-corrected chi connectivity index (χ2v) is 5.38. The smallest absolute Gasteiger partial charge is 0.123 e. The van der Waals surface area contributed by atoms with E-state index in [1.54, 1.807) is 12.1 Å². The minimum atomic E-state index is -0.155. The van der Waals surface area contributed by atoms with E-state index in [9.17, 15) is 4.39 Å². The first-order chi connectivity index (χ1) is 9.22. The Morgan fingerprint density at radius 1 is 1.00 bits per heavy atom. The lowest BCUT2D eigenvalue weighted by Gasteiger charge is -2.37. The largest absolute Gasteiger partial charge is 0.382 e. The van der Waals surface area contributed by atoms with Gasteiger partial charge in [0.1, 0.15) is 5.82 Å². The molecule has 0 aliphatic heterocycles. The summed E-state index contributed by atoms with van der Waals surface area (Å²) >= 11 is 0. The van der Waals surface area contributed by atoms with Gasteiger partial charge in [-0.15, -0.1) is 0 Å². The lowest BCUT2D eigenvalue weighted by atomic mass is 9.76. The van der Waals surface area contributed by atoms with Crippen LogP contribution in [0.1, 0.15) is 29.9 Å². The molecule has 0 spiro atoms. The summed E-state index contributed by atoms with van der Waals surface area (Å²) in [7, 11) is 0. The molecule has 19 heavy (non-hydrogen) atoms. The Hall–Kier alpha value is -1.83.